The van der Waals surface area contributed by atoms with Gasteiger partial charge in [0.25, 0.3) is 0 Å². The van der Waals surface area contributed by atoms with E-state index in [4.69, 9.17) is 4.78 Å². The molecule has 4 heteroatoms. The first kappa shape index (κ1) is 11.0. The monoisotopic (exact) mass is 204 g/mol. The molecular weight excluding hydrogens is 184 g/mol. The molecule has 1 unspecified atom stereocenters. The minimum absolute atomic E-state index is 0.0525. The van der Waals surface area contributed by atoms with Gasteiger partial charge in [0.1, 0.15) is 9.92 Å². The van der Waals surface area contributed by atoms with Gasteiger partial charge >= 0.3 is 0 Å². The average Bonchev–Trinajstić information content (AvgIpc) is 2.34. The Bertz CT molecular complexity index is 263. The van der Waals surface area contributed by atoms with Crippen LogP contribution in [0.5, 0.6) is 0 Å². The van der Waals surface area contributed by atoms with Gasteiger partial charge in [0, 0.05) is 5.54 Å². The molecule has 78 valence electrons. The van der Waals surface area contributed by atoms with Crippen molar-refractivity contribution in [3.63, 3.8) is 0 Å². The van der Waals surface area contributed by atoms with Crippen molar-refractivity contribution < 1.29 is 4.21 Å². The highest BCUT2D eigenvalue weighted by Crippen LogP contribution is 2.30. The van der Waals surface area contributed by atoms with Crippen LogP contribution in [0.2, 0.25) is 0 Å². The van der Waals surface area contributed by atoms with E-state index in [0.717, 1.165) is 12.8 Å². The molecule has 13 heavy (non-hydrogen) atoms. The molecule has 3 nitrogen and oxygen atoms in total. The van der Waals surface area contributed by atoms with E-state index in [1.54, 1.807) is 0 Å². The van der Waals surface area contributed by atoms with Crippen LogP contribution < -0.4 is 4.72 Å². The molecule has 0 aromatic carbocycles. The van der Waals surface area contributed by atoms with Crippen molar-refractivity contribution in [3.05, 3.63) is 0 Å². The first-order chi connectivity index (χ1) is 5.86. The zero-order chi connectivity index (χ0) is 10.1. The van der Waals surface area contributed by atoms with Gasteiger partial charge in [0.2, 0.25) is 0 Å². The smallest absolute Gasteiger partial charge is 0.108 e. The van der Waals surface area contributed by atoms with Crippen LogP contribution in [0.25, 0.3) is 0 Å². The van der Waals surface area contributed by atoms with E-state index in [-0.39, 0.29) is 10.8 Å². The van der Waals surface area contributed by atoms with E-state index < -0.39 is 9.92 Å². The zero-order valence-electron chi connectivity index (χ0n) is 8.72. The van der Waals surface area contributed by atoms with E-state index in [1.807, 2.05) is 13.8 Å². The van der Waals surface area contributed by atoms with E-state index >= 15 is 0 Å². The molecule has 0 saturated heterocycles. The zero-order valence-corrected chi connectivity index (χ0v) is 9.54. The Labute approximate surface area is 81.4 Å². The van der Waals surface area contributed by atoms with Gasteiger partial charge in [-0.2, -0.15) is 0 Å². The molecule has 0 bridgehead atoms. The van der Waals surface area contributed by atoms with Crippen molar-refractivity contribution >= 4 is 9.92 Å². The number of hydrogen-bond donors (Lipinski definition) is 2. The van der Waals surface area contributed by atoms with Gasteiger partial charge in [-0.05, 0) is 33.6 Å². The van der Waals surface area contributed by atoms with Gasteiger partial charge in [0.15, 0.2) is 0 Å². The van der Waals surface area contributed by atoms with E-state index in [1.165, 1.54) is 12.8 Å². The molecule has 0 aliphatic heterocycles. The third-order valence-corrected chi connectivity index (χ3v) is 4.89. The summed E-state index contributed by atoms with van der Waals surface area (Å²) in [5.41, 5.74) is -0.0525. The van der Waals surface area contributed by atoms with Crippen molar-refractivity contribution in [2.24, 2.45) is 0 Å². The normalized spacial score (nSPS) is 26.2. The van der Waals surface area contributed by atoms with Gasteiger partial charge in [0.05, 0.1) is 5.25 Å². The fourth-order valence-electron chi connectivity index (χ4n) is 1.74. The van der Waals surface area contributed by atoms with Crippen LogP contribution in [0, 0.1) is 4.78 Å². The van der Waals surface area contributed by atoms with Gasteiger partial charge in [-0.1, -0.05) is 12.8 Å². The summed E-state index contributed by atoms with van der Waals surface area (Å²) in [6.45, 7) is 5.75. The van der Waals surface area contributed by atoms with Gasteiger partial charge in [-0.3, -0.25) is 0 Å². The molecule has 1 rings (SSSR count). The molecule has 0 aromatic heterocycles. The van der Waals surface area contributed by atoms with Crippen molar-refractivity contribution in [2.45, 2.75) is 57.2 Å². The summed E-state index contributed by atoms with van der Waals surface area (Å²) >= 11 is 0. The van der Waals surface area contributed by atoms with Gasteiger partial charge < -0.3 is 0 Å². The van der Waals surface area contributed by atoms with Crippen LogP contribution in [-0.4, -0.2) is 15.0 Å². The van der Waals surface area contributed by atoms with Crippen molar-refractivity contribution in [3.8, 4) is 0 Å². The highest BCUT2D eigenvalue weighted by molar-refractivity contribution is 7.91. The standard InChI is InChI=1S/C9H20N2OS/c1-8(2)13(10,12)11-9(3)6-4-5-7-9/h8H,4-7H2,1-3H3,(H2,10,11,12). The molecule has 1 atom stereocenters. The molecule has 1 saturated carbocycles. The third-order valence-electron chi connectivity index (χ3n) is 2.77. The summed E-state index contributed by atoms with van der Waals surface area (Å²) in [6, 6.07) is 0. The lowest BCUT2D eigenvalue weighted by molar-refractivity contribution is 0.437. The van der Waals surface area contributed by atoms with E-state index in [2.05, 4.69) is 11.6 Å². The topological polar surface area (TPSA) is 53.0 Å². The summed E-state index contributed by atoms with van der Waals surface area (Å²) in [7, 11) is -2.59. The third kappa shape index (κ3) is 2.68. The second-order valence-corrected chi connectivity index (χ2v) is 6.87. The first-order valence-electron chi connectivity index (χ1n) is 4.92. The molecule has 0 spiro atoms. The Morgan fingerprint density at radius 1 is 1.38 bits per heavy atom. The number of hydrogen-bond acceptors (Lipinski definition) is 2. The number of rotatable bonds is 3. The Morgan fingerprint density at radius 3 is 2.23 bits per heavy atom. The van der Waals surface area contributed by atoms with Gasteiger partial charge in [-0.25, -0.2) is 13.7 Å². The van der Waals surface area contributed by atoms with Crippen LogP contribution in [0.4, 0.5) is 0 Å². The lowest BCUT2D eigenvalue weighted by Crippen LogP contribution is -2.45. The molecule has 0 aromatic rings. The maximum atomic E-state index is 11.8. The Hall–Kier alpha value is -0.0900. The maximum Gasteiger partial charge on any atom is 0.108 e. The van der Waals surface area contributed by atoms with Crippen molar-refractivity contribution in [1.29, 1.82) is 4.78 Å². The molecule has 2 N–H and O–H groups in total. The summed E-state index contributed by atoms with van der Waals surface area (Å²) in [4.78, 5) is 0. The molecular formula is C9H20N2OS. The lowest BCUT2D eigenvalue weighted by atomic mass is 10.0. The van der Waals surface area contributed by atoms with Crippen LogP contribution in [0.3, 0.4) is 0 Å². The molecule has 0 amide bonds. The van der Waals surface area contributed by atoms with Crippen LogP contribution in [0.15, 0.2) is 0 Å². The Morgan fingerprint density at radius 2 is 1.85 bits per heavy atom. The predicted octanol–water partition coefficient (Wildman–Crippen LogP) is 2.28. The van der Waals surface area contributed by atoms with Crippen LogP contribution in [0.1, 0.15) is 46.5 Å². The largest absolute Gasteiger partial charge is 0.240 e. The van der Waals surface area contributed by atoms with Crippen molar-refractivity contribution in [1.82, 2.24) is 4.72 Å². The fraction of sp³-hybridized carbons (Fsp3) is 1.00. The lowest BCUT2D eigenvalue weighted by Gasteiger charge is -2.28. The minimum Gasteiger partial charge on any atom is -0.240 e. The van der Waals surface area contributed by atoms with Crippen LogP contribution >= 0.6 is 0 Å². The maximum absolute atomic E-state index is 11.8. The highest BCUT2D eigenvalue weighted by Gasteiger charge is 2.32. The van der Waals surface area contributed by atoms with Gasteiger partial charge in [-0.15, -0.1) is 0 Å². The second kappa shape index (κ2) is 3.58. The Kier molecular flexibility index (Phi) is 3.02. The minimum atomic E-state index is -2.59. The predicted molar refractivity (Wildman–Crippen MR) is 56.0 cm³/mol. The summed E-state index contributed by atoms with van der Waals surface area (Å²) < 4.78 is 22.5. The summed E-state index contributed by atoms with van der Waals surface area (Å²) in [6.07, 6.45) is 4.49. The SMILES string of the molecule is CC(C)S(=N)(=O)NC1(C)CCCC1. The fourth-order valence-corrected chi connectivity index (χ4v) is 2.91. The molecule has 1 aliphatic carbocycles. The quantitative estimate of drug-likeness (QED) is 0.728. The Balaban J connectivity index is 2.67. The molecule has 0 radical (unpaired) electrons. The highest BCUT2D eigenvalue weighted by atomic mass is 32.2. The first-order valence-corrected chi connectivity index (χ1v) is 6.54. The molecule has 1 fully saturated rings. The summed E-state index contributed by atoms with van der Waals surface area (Å²) in [5.74, 6) is 0. The average molecular weight is 204 g/mol. The number of nitrogens with one attached hydrogen (secondary N) is 2. The second-order valence-electron chi connectivity index (χ2n) is 4.52. The molecule has 0 heterocycles. The van der Waals surface area contributed by atoms with E-state index in [9.17, 15) is 4.21 Å². The summed E-state index contributed by atoms with van der Waals surface area (Å²) in [5, 5.41) is -0.107. The van der Waals surface area contributed by atoms with E-state index in [0.29, 0.717) is 0 Å². The van der Waals surface area contributed by atoms with Crippen molar-refractivity contribution in [2.75, 3.05) is 0 Å². The molecule has 1 aliphatic rings. The van der Waals surface area contributed by atoms with Crippen LogP contribution in [-0.2, 0) is 9.92 Å².